The van der Waals surface area contributed by atoms with Gasteiger partial charge in [0.1, 0.15) is 5.75 Å². The summed E-state index contributed by atoms with van der Waals surface area (Å²) in [6.07, 6.45) is 1.77. The number of halogens is 2. The predicted octanol–water partition coefficient (Wildman–Crippen LogP) is 3.71. The van der Waals surface area contributed by atoms with Crippen LogP contribution in [0.4, 0.5) is 8.78 Å². The highest BCUT2D eigenvalue weighted by atomic mass is 19.3. The second-order valence-corrected chi connectivity index (χ2v) is 5.17. The number of rotatable bonds is 4. The molecule has 1 amide bonds. The first kappa shape index (κ1) is 14.5. The van der Waals surface area contributed by atoms with Gasteiger partial charge in [0, 0.05) is 5.56 Å². The summed E-state index contributed by atoms with van der Waals surface area (Å²) in [5.74, 6) is -0.309. The Kier molecular flexibility index (Phi) is 4.04. The van der Waals surface area contributed by atoms with Crippen molar-refractivity contribution in [3.05, 3.63) is 65.2 Å². The average molecular weight is 303 g/mol. The molecule has 0 bridgehead atoms. The third kappa shape index (κ3) is 3.08. The van der Waals surface area contributed by atoms with E-state index in [-0.39, 0.29) is 17.7 Å². The van der Waals surface area contributed by atoms with Gasteiger partial charge in [0.25, 0.3) is 5.91 Å². The summed E-state index contributed by atoms with van der Waals surface area (Å²) in [6.45, 7) is -2.90. The number of fused-ring (bicyclic) bond motifs is 1. The summed E-state index contributed by atoms with van der Waals surface area (Å²) in [5.41, 5.74) is 2.67. The minimum atomic E-state index is -2.90. The Morgan fingerprint density at radius 1 is 1.18 bits per heavy atom. The van der Waals surface area contributed by atoms with E-state index in [1.54, 1.807) is 6.07 Å². The monoisotopic (exact) mass is 303 g/mol. The molecule has 1 unspecified atom stereocenters. The molecule has 1 aliphatic carbocycles. The number of nitrogens with one attached hydrogen (secondary N) is 1. The maximum absolute atomic E-state index is 12.3. The first-order chi connectivity index (χ1) is 10.6. The molecular formula is C17H15F2NO2. The first-order valence-corrected chi connectivity index (χ1v) is 7.07. The van der Waals surface area contributed by atoms with Crippen molar-refractivity contribution >= 4 is 5.91 Å². The minimum Gasteiger partial charge on any atom is -0.435 e. The van der Waals surface area contributed by atoms with Crippen LogP contribution in [0.3, 0.4) is 0 Å². The van der Waals surface area contributed by atoms with Gasteiger partial charge in [-0.3, -0.25) is 4.79 Å². The number of carbonyl (C=O) groups excluding carboxylic acids is 1. The Morgan fingerprint density at radius 3 is 2.82 bits per heavy atom. The second kappa shape index (κ2) is 6.13. The number of ether oxygens (including phenoxy) is 1. The molecule has 1 N–H and O–H groups in total. The van der Waals surface area contributed by atoms with Crippen LogP contribution in [0, 0.1) is 0 Å². The zero-order valence-corrected chi connectivity index (χ0v) is 11.8. The Labute approximate surface area is 126 Å². The predicted molar refractivity (Wildman–Crippen MR) is 78.0 cm³/mol. The van der Waals surface area contributed by atoms with Crippen LogP contribution >= 0.6 is 0 Å². The van der Waals surface area contributed by atoms with Gasteiger partial charge in [0.15, 0.2) is 0 Å². The largest absolute Gasteiger partial charge is 0.435 e. The number of carbonyl (C=O) groups is 1. The van der Waals surface area contributed by atoms with E-state index in [1.165, 1.54) is 23.8 Å². The molecule has 3 nitrogen and oxygen atoms in total. The summed E-state index contributed by atoms with van der Waals surface area (Å²) in [7, 11) is 0. The fourth-order valence-electron chi connectivity index (χ4n) is 2.76. The van der Waals surface area contributed by atoms with E-state index in [9.17, 15) is 13.6 Å². The Bertz CT molecular complexity index is 688. The smallest absolute Gasteiger partial charge is 0.387 e. The highest BCUT2D eigenvalue weighted by Gasteiger charge is 2.23. The normalized spacial score (nSPS) is 16.4. The van der Waals surface area contributed by atoms with Gasteiger partial charge >= 0.3 is 6.61 Å². The molecular weight excluding hydrogens is 288 g/mol. The molecule has 22 heavy (non-hydrogen) atoms. The molecule has 0 aliphatic heterocycles. The topological polar surface area (TPSA) is 38.3 Å². The molecule has 114 valence electrons. The summed E-state index contributed by atoms with van der Waals surface area (Å²) in [4.78, 5) is 12.3. The van der Waals surface area contributed by atoms with Gasteiger partial charge in [-0.1, -0.05) is 30.3 Å². The van der Waals surface area contributed by atoms with Crippen LogP contribution in [0.15, 0.2) is 48.5 Å². The van der Waals surface area contributed by atoms with E-state index < -0.39 is 6.61 Å². The van der Waals surface area contributed by atoms with Crippen LogP contribution in [0.2, 0.25) is 0 Å². The van der Waals surface area contributed by atoms with Gasteiger partial charge in [0.05, 0.1) is 6.04 Å². The van der Waals surface area contributed by atoms with Crippen LogP contribution < -0.4 is 10.1 Å². The lowest BCUT2D eigenvalue weighted by Crippen LogP contribution is -2.27. The SMILES string of the molecule is O=C(NC1CCc2ccccc21)c1cccc(OC(F)F)c1. The van der Waals surface area contributed by atoms with Gasteiger partial charge in [-0.15, -0.1) is 0 Å². The van der Waals surface area contributed by atoms with Crippen molar-refractivity contribution in [3.63, 3.8) is 0 Å². The van der Waals surface area contributed by atoms with Gasteiger partial charge < -0.3 is 10.1 Å². The quantitative estimate of drug-likeness (QED) is 0.935. The minimum absolute atomic E-state index is 0.0190. The van der Waals surface area contributed by atoms with E-state index in [1.807, 2.05) is 18.2 Å². The molecule has 3 rings (SSSR count). The second-order valence-electron chi connectivity index (χ2n) is 5.17. The van der Waals surface area contributed by atoms with Crippen LogP contribution in [0.5, 0.6) is 5.75 Å². The van der Waals surface area contributed by atoms with Crippen molar-refractivity contribution in [2.45, 2.75) is 25.5 Å². The highest BCUT2D eigenvalue weighted by Crippen LogP contribution is 2.31. The molecule has 0 radical (unpaired) electrons. The standard InChI is InChI=1S/C17H15F2NO2/c18-17(19)22-13-6-3-5-12(10-13)16(21)20-15-9-8-11-4-1-2-7-14(11)15/h1-7,10,15,17H,8-9H2,(H,20,21). The molecule has 5 heteroatoms. The van der Waals surface area contributed by atoms with Gasteiger partial charge in [-0.25, -0.2) is 0 Å². The Hall–Kier alpha value is -2.43. The number of benzene rings is 2. The molecule has 0 heterocycles. The lowest BCUT2D eigenvalue weighted by molar-refractivity contribution is -0.0498. The maximum atomic E-state index is 12.3. The van der Waals surface area contributed by atoms with E-state index in [4.69, 9.17) is 0 Å². The molecule has 0 saturated carbocycles. The zero-order valence-electron chi connectivity index (χ0n) is 11.8. The molecule has 1 aliphatic rings. The summed E-state index contributed by atoms with van der Waals surface area (Å²) >= 11 is 0. The lowest BCUT2D eigenvalue weighted by Gasteiger charge is -2.14. The van der Waals surface area contributed by atoms with Crippen molar-refractivity contribution in [3.8, 4) is 5.75 Å². The van der Waals surface area contributed by atoms with Crippen molar-refractivity contribution < 1.29 is 18.3 Å². The summed E-state index contributed by atoms with van der Waals surface area (Å²) in [6, 6.07) is 13.8. The molecule has 2 aromatic carbocycles. The third-order valence-corrected chi connectivity index (χ3v) is 3.76. The van der Waals surface area contributed by atoms with Crippen LogP contribution in [0.1, 0.15) is 33.9 Å². The van der Waals surface area contributed by atoms with Crippen molar-refractivity contribution in [2.75, 3.05) is 0 Å². The first-order valence-electron chi connectivity index (χ1n) is 7.07. The van der Waals surface area contributed by atoms with Crippen LogP contribution in [0.25, 0.3) is 0 Å². The van der Waals surface area contributed by atoms with Gasteiger partial charge in [-0.2, -0.15) is 8.78 Å². The number of aryl methyl sites for hydroxylation is 1. The molecule has 2 aromatic rings. The number of amides is 1. The van der Waals surface area contributed by atoms with Crippen molar-refractivity contribution in [2.24, 2.45) is 0 Å². The van der Waals surface area contributed by atoms with E-state index in [2.05, 4.69) is 16.1 Å². The number of alkyl halides is 2. The van der Waals surface area contributed by atoms with Gasteiger partial charge in [0.2, 0.25) is 0 Å². The van der Waals surface area contributed by atoms with Gasteiger partial charge in [-0.05, 0) is 42.2 Å². The molecule has 0 spiro atoms. The summed E-state index contributed by atoms with van der Waals surface area (Å²) < 4.78 is 28.8. The zero-order chi connectivity index (χ0) is 15.5. The molecule has 0 fully saturated rings. The highest BCUT2D eigenvalue weighted by molar-refractivity contribution is 5.94. The van der Waals surface area contributed by atoms with E-state index >= 15 is 0 Å². The molecule has 1 atom stereocenters. The fraction of sp³-hybridized carbons (Fsp3) is 0.235. The third-order valence-electron chi connectivity index (χ3n) is 3.76. The average Bonchev–Trinajstić information content (AvgIpc) is 2.90. The van der Waals surface area contributed by atoms with Crippen molar-refractivity contribution in [1.29, 1.82) is 0 Å². The summed E-state index contributed by atoms with van der Waals surface area (Å²) in [5, 5.41) is 2.95. The fourth-order valence-corrected chi connectivity index (χ4v) is 2.76. The van der Waals surface area contributed by atoms with E-state index in [0.717, 1.165) is 18.4 Å². The Morgan fingerprint density at radius 2 is 2.00 bits per heavy atom. The Balaban J connectivity index is 1.73. The van der Waals surface area contributed by atoms with E-state index in [0.29, 0.717) is 5.56 Å². The maximum Gasteiger partial charge on any atom is 0.387 e. The van der Waals surface area contributed by atoms with Crippen molar-refractivity contribution in [1.82, 2.24) is 5.32 Å². The molecule has 0 saturated heterocycles. The molecule has 0 aromatic heterocycles. The van der Waals surface area contributed by atoms with Crippen LogP contribution in [-0.4, -0.2) is 12.5 Å². The number of hydrogen-bond donors (Lipinski definition) is 1. The lowest BCUT2D eigenvalue weighted by atomic mass is 10.1. The number of hydrogen-bond acceptors (Lipinski definition) is 2. The van der Waals surface area contributed by atoms with Crippen LogP contribution in [-0.2, 0) is 6.42 Å².